The average molecular weight is 207 g/mol. The standard InChI is InChI=1S/C13H15Cl/c1-10(2)5-4-6-12-8-7-11(3)13(14)9-12/h7-10H,5H2,1-3H3. The quantitative estimate of drug-likeness (QED) is 0.609. The fraction of sp³-hybridized carbons (Fsp3) is 0.385. The van der Waals surface area contributed by atoms with E-state index in [2.05, 4.69) is 25.7 Å². The minimum absolute atomic E-state index is 0.628. The molecule has 0 fully saturated rings. The summed E-state index contributed by atoms with van der Waals surface area (Å²) >= 11 is 5.99. The van der Waals surface area contributed by atoms with Crippen LogP contribution in [0.25, 0.3) is 0 Å². The minimum Gasteiger partial charge on any atom is -0.0976 e. The summed E-state index contributed by atoms with van der Waals surface area (Å²) in [5.41, 5.74) is 2.10. The number of aryl methyl sites for hydroxylation is 1. The zero-order valence-corrected chi connectivity index (χ0v) is 9.65. The topological polar surface area (TPSA) is 0 Å². The first-order chi connectivity index (χ1) is 6.59. The van der Waals surface area contributed by atoms with E-state index in [0.29, 0.717) is 5.92 Å². The molecule has 0 aliphatic rings. The number of benzene rings is 1. The van der Waals surface area contributed by atoms with Crippen LogP contribution in [-0.2, 0) is 0 Å². The van der Waals surface area contributed by atoms with Gasteiger partial charge in [-0.05, 0) is 30.5 Å². The highest BCUT2D eigenvalue weighted by Crippen LogP contribution is 2.15. The van der Waals surface area contributed by atoms with Crippen LogP contribution in [0.2, 0.25) is 5.02 Å². The van der Waals surface area contributed by atoms with E-state index in [1.54, 1.807) is 0 Å². The van der Waals surface area contributed by atoms with Crippen molar-refractivity contribution in [3.63, 3.8) is 0 Å². The van der Waals surface area contributed by atoms with E-state index >= 15 is 0 Å². The smallest absolute Gasteiger partial charge is 0.0447 e. The van der Waals surface area contributed by atoms with Crippen molar-refractivity contribution < 1.29 is 0 Å². The fourth-order valence-corrected chi connectivity index (χ4v) is 1.21. The van der Waals surface area contributed by atoms with Gasteiger partial charge in [-0.2, -0.15) is 0 Å². The Labute approximate surface area is 91.3 Å². The first-order valence-electron chi connectivity index (χ1n) is 4.84. The van der Waals surface area contributed by atoms with E-state index < -0.39 is 0 Å². The summed E-state index contributed by atoms with van der Waals surface area (Å²) in [5.74, 6) is 6.88. The van der Waals surface area contributed by atoms with Crippen LogP contribution >= 0.6 is 11.6 Å². The van der Waals surface area contributed by atoms with Gasteiger partial charge in [0.2, 0.25) is 0 Å². The molecule has 0 aliphatic carbocycles. The highest BCUT2D eigenvalue weighted by atomic mass is 35.5. The van der Waals surface area contributed by atoms with Gasteiger partial charge in [-0.25, -0.2) is 0 Å². The van der Waals surface area contributed by atoms with Gasteiger partial charge in [0.05, 0.1) is 0 Å². The van der Waals surface area contributed by atoms with E-state index in [1.807, 2.05) is 25.1 Å². The van der Waals surface area contributed by atoms with E-state index in [-0.39, 0.29) is 0 Å². The minimum atomic E-state index is 0.628. The molecule has 1 aromatic rings. The molecule has 1 aromatic carbocycles. The SMILES string of the molecule is Cc1ccc(C#CCC(C)C)cc1Cl. The van der Waals surface area contributed by atoms with Crippen molar-refractivity contribution in [2.75, 3.05) is 0 Å². The predicted molar refractivity (Wildman–Crippen MR) is 62.5 cm³/mol. The third-order valence-corrected chi connectivity index (χ3v) is 2.32. The molecule has 0 N–H and O–H groups in total. The lowest BCUT2D eigenvalue weighted by atomic mass is 10.1. The van der Waals surface area contributed by atoms with Crippen LogP contribution < -0.4 is 0 Å². The molecule has 0 heterocycles. The molecule has 0 saturated carbocycles. The van der Waals surface area contributed by atoms with Crippen LogP contribution in [0.3, 0.4) is 0 Å². The second-order valence-corrected chi connectivity index (χ2v) is 4.27. The second-order valence-electron chi connectivity index (χ2n) is 3.86. The largest absolute Gasteiger partial charge is 0.0976 e. The Kier molecular flexibility index (Phi) is 4.04. The van der Waals surface area contributed by atoms with Gasteiger partial charge in [0, 0.05) is 17.0 Å². The summed E-state index contributed by atoms with van der Waals surface area (Å²) < 4.78 is 0. The molecule has 1 rings (SSSR count). The summed E-state index contributed by atoms with van der Waals surface area (Å²) in [4.78, 5) is 0. The summed E-state index contributed by atoms with van der Waals surface area (Å²) in [6, 6.07) is 5.93. The molecular weight excluding hydrogens is 192 g/mol. The number of hydrogen-bond donors (Lipinski definition) is 0. The van der Waals surface area contributed by atoms with Gasteiger partial charge in [0.1, 0.15) is 0 Å². The summed E-state index contributed by atoms with van der Waals surface area (Å²) in [6.07, 6.45) is 0.936. The lowest BCUT2D eigenvalue weighted by Crippen LogP contribution is -1.83. The molecule has 1 heteroatoms. The summed E-state index contributed by atoms with van der Waals surface area (Å²) in [7, 11) is 0. The van der Waals surface area contributed by atoms with Gasteiger partial charge in [0.25, 0.3) is 0 Å². The first kappa shape index (κ1) is 11.1. The van der Waals surface area contributed by atoms with Crippen LogP contribution in [-0.4, -0.2) is 0 Å². The molecule has 74 valence electrons. The molecule has 0 unspecified atom stereocenters. The maximum atomic E-state index is 5.99. The Bertz CT molecular complexity index is 367. The van der Waals surface area contributed by atoms with Crippen LogP contribution in [0, 0.1) is 24.7 Å². The normalized spacial score (nSPS) is 9.79. The number of rotatable bonds is 1. The van der Waals surface area contributed by atoms with Crippen LogP contribution in [0.1, 0.15) is 31.4 Å². The number of hydrogen-bond acceptors (Lipinski definition) is 0. The van der Waals surface area contributed by atoms with Gasteiger partial charge in [0.15, 0.2) is 0 Å². The van der Waals surface area contributed by atoms with Gasteiger partial charge in [-0.15, -0.1) is 0 Å². The Morgan fingerprint density at radius 3 is 2.64 bits per heavy atom. The molecule has 0 bridgehead atoms. The van der Waals surface area contributed by atoms with Crippen molar-refractivity contribution in [1.82, 2.24) is 0 Å². The van der Waals surface area contributed by atoms with Gasteiger partial charge >= 0.3 is 0 Å². The number of halogens is 1. The van der Waals surface area contributed by atoms with Gasteiger partial charge < -0.3 is 0 Å². The molecule has 0 radical (unpaired) electrons. The highest BCUT2D eigenvalue weighted by Gasteiger charge is 1.94. The first-order valence-corrected chi connectivity index (χ1v) is 5.22. The Balaban J connectivity index is 2.76. The molecule has 0 aromatic heterocycles. The maximum absolute atomic E-state index is 5.99. The molecule has 0 saturated heterocycles. The van der Waals surface area contributed by atoms with Crippen molar-refractivity contribution in [3.05, 3.63) is 34.3 Å². The van der Waals surface area contributed by atoms with Crippen molar-refractivity contribution in [3.8, 4) is 11.8 Å². The molecule has 0 atom stereocenters. The van der Waals surface area contributed by atoms with Crippen molar-refractivity contribution in [2.45, 2.75) is 27.2 Å². The van der Waals surface area contributed by atoms with E-state index in [9.17, 15) is 0 Å². The van der Waals surface area contributed by atoms with Crippen LogP contribution in [0.5, 0.6) is 0 Å². The van der Waals surface area contributed by atoms with E-state index in [1.165, 1.54) is 0 Å². The van der Waals surface area contributed by atoms with Crippen LogP contribution in [0.4, 0.5) is 0 Å². The van der Waals surface area contributed by atoms with Gasteiger partial charge in [-0.3, -0.25) is 0 Å². The molecule has 0 aliphatic heterocycles. The zero-order valence-electron chi connectivity index (χ0n) is 8.89. The van der Waals surface area contributed by atoms with Crippen molar-refractivity contribution >= 4 is 11.6 Å². The second kappa shape index (κ2) is 5.08. The molecule has 14 heavy (non-hydrogen) atoms. The third kappa shape index (κ3) is 3.44. The van der Waals surface area contributed by atoms with Crippen molar-refractivity contribution in [2.24, 2.45) is 5.92 Å². The molecule has 0 spiro atoms. The molecule has 0 amide bonds. The average Bonchev–Trinajstić information content (AvgIpc) is 2.10. The van der Waals surface area contributed by atoms with Crippen molar-refractivity contribution in [1.29, 1.82) is 0 Å². The summed E-state index contributed by atoms with van der Waals surface area (Å²) in [6.45, 7) is 6.32. The summed E-state index contributed by atoms with van der Waals surface area (Å²) in [5, 5.41) is 0.793. The Morgan fingerprint density at radius 1 is 1.36 bits per heavy atom. The Hall–Kier alpha value is -0.930. The lowest BCUT2D eigenvalue weighted by Gasteiger charge is -1.97. The lowest BCUT2D eigenvalue weighted by molar-refractivity contribution is 0.676. The maximum Gasteiger partial charge on any atom is 0.0447 e. The third-order valence-electron chi connectivity index (χ3n) is 1.91. The Morgan fingerprint density at radius 2 is 2.07 bits per heavy atom. The van der Waals surface area contributed by atoms with Gasteiger partial charge in [-0.1, -0.05) is 43.4 Å². The highest BCUT2D eigenvalue weighted by molar-refractivity contribution is 6.31. The fourth-order valence-electron chi connectivity index (χ4n) is 1.03. The van der Waals surface area contributed by atoms with E-state index in [4.69, 9.17) is 11.6 Å². The monoisotopic (exact) mass is 206 g/mol. The van der Waals surface area contributed by atoms with E-state index in [0.717, 1.165) is 22.6 Å². The van der Waals surface area contributed by atoms with Crippen LogP contribution in [0.15, 0.2) is 18.2 Å². The predicted octanol–water partition coefficient (Wildman–Crippen LogP) is 4.05. The zero-order chi connectivity index (χ0) is 10.6. The molecular formula is C13H15Cl. The molecule has 0 nitrogen and oxygen atoms in total.